The largest absolute Gasteiger partial charge is 0.573 e. The van der Waals surface area contributed by atoms with Crippen LogP contribution in [-0.4, -0.2) is 6.36 Å². The van der Waals surface area contributed by atoms with Gasteiger partial charge in [0.15, 0.2) is 5.75 Å². The van der Waals surface area contributed by atoms with Gasteiger partial charge in [-0.05, 0) is 12.1 Å². The molecule has 0 aliphatic carbocycles. The minimum absolute atomic E-state index is 0.0361. The molecule has 4 N–H and O–H groups in total. The Hall–Kier alpha value is -1.14. The summed E-state index contributed by atoms with van der Waals surface area (Å²) in [5.74, 6) is -0.530. The van der Waals surface area contributed by atoms with Crippen LogP contribution >= 0.6 is 11.6 Å². The van der Waals surface area contributed by atoms with Gasteiger partial charge in [-0.25, -0.2) is 0 Å². The molecule has 0 aliphatic heterocycles. The molecule has 1 rings (SSSR count). The van der Waals surface area contributed by atoms with Gasteiger partial charge in [-0.2, -0.15) is 0 Å². The minimum Gasteiger partial charge on any atom is -0.403 e. The standard InChI is InChI=1S/C8H8ClF3N2O/c9-5-1-2-6(14)7(4(5)3-13)15-8(10,11)12/h1-2H,3,13-14H2. The molecule has 0 spiro atoms. The third kappa shape index (κ3) is 2.90. The van der Waals surface area contributed by atoms with Gasteiger partial charge in [0.1, 0.15) is 0 Å². The molecule has 0 amide bonds. The number of benzene rings is 1. The van der Waals surface area contributed by atoms with Crippen molar-refractivity contribution in [3.63, 3.8) is 0 Å². The molecular weight excluding hydrogens is 233 g/mol. The van der Waals surface area contributed by atoms with Crippen LogP contribution in [0, 0.1) is 0 Å². The van der Waals surface area contributed by atoms with Crippen molar-refractivity contribution in [1.29, 1.82) is 0 Å². The van der Waals surface area contributed by atoms with Crippen LogP contribution in [0.2, 0.25) is 5.02 Å². The molecule has 1 aromatic rings. The Bertz CT molecular complexity index is 368. The highest BCUT2D eigenvalue weighted by Crippen LogP contribution is 2.35. The first-order valence-corrected chi connectivity index (χ1v) is 4.25. The van der Waals surface area contributed by atoms with Gasteiger partial charge in [-0.1, -0.05) is 11.6 Å². The summed E-state index contributed by atoms with van der Waals surface area (Å²) in [6.45, 7) is -0.185. The lowest BCUT2D eigenvalue weighted by atomic mass is 10.1. The van der Waals surface area contributed by atoms with Gasteiger partial charge in [0.25, 0.3) is 0 Å². The van der Waals surface area contributed by atoms with E-state index in [1.165, 1.54) is 12.1 Å². The van der Waals surface area contributed by atoms with Crippen molar-refractivity contribution in [3.05, 3.63) is 22.7 Å². The third-order valence-electron chi connectivity index (χ3n) is 1.66. The molecule has 15 heavy (non-hydrogen) atoms. The van der Waals surface area contributed by atoms with E-state index in [-0.39, 0.29) is 22.8 Å². The SMILES string of the molecule is NCc1c(Cl)ccc(N)c1OC(F)(F)F. The molecule has 0 bridgehead atoms. The number of hydrogen-bond acceptors (Lipinski definition) is 3. The smallest absolute Gasteiger partial charge is 0.403 e. The lowest BCUT2D eigenvalue weighted by Gasteiger charge is -2.15. The van der Waals surface area contributed by atoms with Gasteiger partial charge in [-0.3, -0.25) is 0 Å². The first-order chi connectivity index (χ1) is 6.85. The van der Waals surface area contributed by atoms with Gasteiger partial charge in [-0.15, -0.1) is 13.2 Å². The van der Waals surface area contributed by atoms with E-state index in [1.54, 1.807) is 0 Å². The van der Waals surface area contributed by atoms with E-state index in [0.29, 0.717) is 0 Å². The molecule has 0 saturated carbocycles. The normalized spacial score (nSPS) is 11.5. The summed E-state index contributed by atoms with van der Waals surface area (Å²) in [6.07, 6.45) is -4.82. The van der Waals surface area contributed by atoms with Crippen LogP contribution in [0.15, 0.2) is 12.1 Å². The van der Waals surface area contributed by atoms with Gasteiger partial charge in [0.2, 0.25) is 0 Å². The second-order valence-corrected chi connectivity index (χ2v) is 3.10. The lowest BCUT2D eigenvalue weighted by molar-refractivity contribution is -0.274. The van der Waals surface area contributed by atoms with E-state index in [9.17, 15) is 13.2 Å². The molecule has 0 unspecified atom stereocenters. The van der Waals surface area contributed by atoms with Crippen molar-refractivity contribution < 1.29 is 17.9 Å². The summed E-state index contributed by atoms with van der Waals surface area (Å²) in [6, 6.07) is 2.59. The number of nitrogens with two attached hydrogens (primary N) is 2. The lowest BCUT2D eigenvalue weighted by Crippen LogP contribution is -2.20. The van der Waals surface area contributed by atoms with E-state index in [0.717, 1.165) is 0 Å². The summed E-state index contributed by atoms with van der Waals surface area (Å²) in [4.78, 5) is 0. The van der Waals surface area contributed by atoms with Gasteiger partial charge >= 0.3 is 6.36 Å². The average Bonchev–Trinajstić information content (AvgIpc) is 2.10. The zero-order valence-corrected chi connectivity index (χ0v) is 8.19. The maximum atomic E-state index is 12.0. The molecular formula is C8H8ClF3N2O. The Morgan fingerprint density at radius 1 is 1.33 bits per heavy atom. The molecule has 0 saturated heterocycles. The Balaban J connectivity index is 3.20. The van der Waals surface area contributed by atoms with Crippen LogP contribution in [0.3, 0.4) is 0 Å². The van der Waals surface area contributed by atoms with Crippen LogP contribution in [0.4, 0.5) is 18.9 Å². The van der Waals surface area contributed by atoms with E-state index < -0.39 is 12.1 Å². The predicted octanol–water partition coefficient (Wildman–Crippen LogP) is 2.28. The fourth-order valence-corrected chi connectivity index (χ4v) is 1.27. The molecule has 0 radical (unpaired) electrons. The zero-order chi connectivity index (χ0) is 11.6. The summed E-state index contributed by atoms with van der Waals surface area (Å²) >= 11 is 5.65. The van der Waals surface area contributed by atoms with Crippen LogP contribution < -0.4 is 16.2 Å². The maximum absolute atomic E-state index is 12.0. The average molecular weight is 241 g/mol. The second-order valence-electron chi connectivity index (χ2n) is 2.70. The van der Waals surface area contributed by atoms with Gasteiger partial charge in [0, 0.05) is 17.1 Å². The van der Waals surface area contributed by atoms with Crippen molar-refractivity contribution >= 4 is 17.3 Å². The zero-order valence-electron chi connectivity index (χ0n) is 7.44. The summed E-state index contributed by atoms with van der Waals surface area (Å²) in [5.41, 5.74) is 10.5. The summed E-state index contributed by atoms with van der Waals surface area (Å²) < 4.78 is 39.8. The molecule has 7 heteroatoms. The maximum Gasteiger partial charge on any atom is 0.573 e. The second kappa shape index (κ2) is 4.16. The van der Waals surface area contributed by atoms with E-state index in [4.69, 9.17) is 23.1 Å². The van der Waals surface area contributed by atoms with Crippen molar-refractivity contribution in [2.75, 3.05) is 5.73 Å². The minimum atomic E-state index is -4.82. The van der Waals surface area contributed by atoms with Crippen molar-refractivity contribution in [3.8, 4) is 5.75 Å². The van der Waals surface area contributed by atoms with Gasteiger partial charge < -0.3 is 16.2 Å². The van der Waals surface area contributed by atoms with E-state index >= 15 is 0 Å². The number of alkyl halides is 3. The first-order valence-electron chi connectivity index (χ1n) is 3.88. The fourth-order valence-electron chi connectivity index (χ4n) is 1.05. The predicted molar refractivity (Wildman–Crippen MR) is 50.4 cm³/mol. The van der Waals surface area contributed by atoms with Crippen molar-refractivity contribution in [2.24, 2.45) is 5.73 Å². The van der Waals surface area contributed by atoms with Crippen LogP contribution in [0.25, 0.3) is 0 Å². The number of hydrogen-bond donors (Lipinski definition) is 2. The number of halogens is 4. The quantitative estimate of drug-likeness (QED) is 0.780. The molecule has 0 aliphatic rings. The van der Waals surface area contributed by atoms with E-state index in [2.05, 4.69) is 4.74 Å². The molecule has 3 nitrogen and oxygen atoms in total. The Morgan fingerprint density at radius 3 is 2.40 bits per heavy atom. The van der Waals surface area contributed by atoms with Crippen molar-refractivity contribution in [1.82, 2.24) is 0 Å². The van der Waals surface area contributed by atoms with E-state index in [1.807, 2.05) is 0 Å². The number of rotatable bonds is 2. The first kappa shape index (κ1) is 11.9. The Labute approximate surface area is 88.8 Å². The Morgan fingerprint density at radius 2 is 1.93 bits per heavy atom. The highest BCUT2D eigenvalue weighted by molar-refractivity contribution is 6.31. The molecule has 0 aromatic heterocycles. The molecule has 84 valence electrons. The third-order valence-corrected chi connectivity index (χ3v) is 2.01. The highest BCUT2D eigenvalue weighted by Gasteiger charge is 2.33. The fraction of sp³-hybridized carbons (Fsp3) is 0.250. The number of ether oxygens (including phenoxy) is 1. The van der Waals surface area contributed by atoms with Crippen LogP contribution in [-0.2, 0) is 6.54 Å². The topological polar surface area (TPSA) is 61.3 Å². The molecule has 0 fully saturated rings. The summed E-state index contributed by atoms with van der Waals surface area (Å²) in [7, 11) is 0. The van der Waals surface area contributed by atoms with Crippen LogP contribution in [0.5, 0.6) is 5.75 Å². The van der Waals surface area contributed by atoms with Crippen LogP contribution in [0.1, 0.15) is 5.56 Å². The number of nitrogen functional groups attached to an aromatic ring is 1. The molecule has 0 atom stereocenters. The highest BCUT2D eigenvalue weighted by atomic mass is 35.5. The monoisotopic (exact) mass is 240 g/mol. The molecule has 1 aromatic carbocycles. The molecule has 0 heterocycles. The van der Waals surface area contributed by atoms with Crippen molar-refractivity contribution in [2.45, 2.75) is 12.9 Å². The van der Waals surface area contributed by atoms with Gasteiger partial charge in [0.05, 0.1) is 5.69 Å². The Kier molecular flexibility index (Phi) is 3.31. The number of anilines is 1. The summed E-state index contributed by atoms with van der Waals surface area (Å²) in [5, 5.41) is 0.0888.